The number of hydrogen-bond acceptors (Lipinski definition) is 7. The van der Waals surface area contributed by atoms with Gasteiger partial charge in [-0.2, -0.15) is 0 Å². The summed E-state index contributed by atoms with van der Waals surface area (Å²) in [6.45, 7) is 0. The third-order valence-electron chi connectivity index (χ3n) is 12.3. The SMILES string of the molecule is C1=CC2Oc3c(-c4cc(-c5ccncc5)cc(-c5ccncc5)c4)ccc(-c4ccc(-c5ccc(-c6nc(-c7ccccc7)nc(-c7ccccc7)n6)cc5)c5ccccc45)c3OC2C=C1. The summed E-state index contributed by atoms with van der Waals surface area (Å²) in [5, 5.41) is 2.23. The van der Waals surface area contributed by atoms with Gasteiger partial charge in [-0.05, 0) is 122 Å². The molecule has 0 bridgehead atoms. The fourth-order valence-corrected chi connectivity index (χ4v) is 9.01. The Morgan fingerprint density at radius 1 is 0.303 bits per heavy atom. The number of fused-ring (bicyclic) bond motifs is 3. The zero-order chi connectivity index (χ0) is 43.8. The molecule has 7 nitrogen and oxygen atoms in total. The molecule has 0 spiro atoms. The first-order valence-corrected chi connectivity index (χ1v) is 22.0. The van der Waals surface area contributed by atoms with Gasteiger partial charge >= 0.3 is 0 Å². The molecule has 0 saturated carbocycles. The van der Waals surface area contributed by atoms with Crippen molar-refractivity contribution in [2.45, 2.75) is 12.2 Å². The fourth-order valence-electron chi connectivity index (χ4n) is 9.01. The average Bonchev–Trinajstić information content (AvgIpc) is 3.40. The standard InChI is InChI=1S/C59H39N5O2/c1-3-11-41(12-4-1)57-62-58(42-13-5-2-6-14-42)64-59(63-57)43-21-19-40(20-22-43)47-23-25-51(50-16-8-7-15-49(47)50)52-26-24-48(55-56(52)66-54-18-10-9-17-53(54)65-55)46-36-44(38-27-31-60-32-28-38)35-45(37-46)39-29-33-61-34-30-39/h1-37,53-54H. The normalized spacial score (nSPS) is 14.8. The molecule has 12 rings (SSSR count). The van der Waals surface area contributed by atoms with Crippen LogP contribution in [0.5, 0.6) is 11.5 Å². The number of hydrogen-bond donors (Lipinski definition) is 0. The Kier molecular flexibility index (Phi) is 9.83. The smallest absolute Gasteiger partial charge is 0.170 e. The topological polar surface area (TPSA) is 82.9 Å². The van der Waals surface area contributed by atoms with Crippen LogP contribution in [0.4, 0.5) is 0 Å². The van der Waals surface area contributed by atoms with Crippen molar-refractivity contribution in [2.75, 3.05) is 0 Å². The molecule has 0 amide bonds. The number of benzene rings is 7. The van der Waals surface area contributed by atoms with Crippen molar-refractivity contribution in [1.29, 1.82) is 0 Å². The zero-order valence-electron chi connectivity index (χ0n) is 35.6. The molecular weight excluding hydrogens is 811 g/mol. The van der Waals surface area contributed by atoms with Crippen LogP contribution in [0.25, 0.3) is 101 Å². The Balaban J connectivity index is 0.958. The van der Waals surface area contributed by atoms with Crippen molar-refractivity contribution in [3.8, 4) is 101 Å². The van der Waals surface area contributed by atoms with Crippen LogP contribution in [0, 0.1) is 0 Å². The van der Waals surface area contributed by atoms with Gasteiger partial charge in [0.25, 0.3) is 0 Å². The highest BCUT2D eigenvalue weighted by atomic mass is 16.6. The Morgan fingerprint density at radius 2 is 0.712 bits per heavy atom. The highest BCUT2D eigenvalue weighted by Gasteiger charge is 2.34. The summed E-state index contributed by atoms with van der Waals surface area (Å²) < 4.78 is 14.0. The number of nitrogens with zero attached hydrogens (tertiary/aromatic N) is 5. The van der Waals surface area contributed by atoms with Gasteiger partial charge in [-0.1, -0.05) is 133 Å². The molecule has 0 saturated heterocycles. The van der Waals surface area contributed by atoms with Crippen LogP contribution in [0.2, 0.25) is 0 Å². The highest BCUT2D eigenvalue weighted by molar-refractivity contribution is 6.06. The minimum Gasteiger partial charge on any atom is -0.478 e. The van der Waals surface area contributed by atoms with Crippen LogP contribution in [0.15, 0.2) is 225 Å². The van der Waals surface area contributed by atoms with Gasteiger partial charge in [0.15, 0.2) is 41.2 Å². The third-order valence-corrected chi connectivity index (χ3v) is 12.3. The van der Waals surface area contributed by atoms with E-state index in [1.165, 1.54) is 0 Å². The Bertz CT molecular complexity index is 3350. The van der Waals surface area contributed by atoms with E-state index in [1.807, 2.05) is 122 Å². The molecule has 2 atom stereocenters. The van der Waals surface area contributed by atoms with E-state index in [0.29, 0.717) is 23.2 Å². The molecule has 1 aliphatic heterocycles. The number of pyridine rings is 2. The van der Waals surface area contributed by atoms with E-state index in [2.05, 4.69) is 113 Å². The summed E-state index contributed by atoms with van der Waals surface area (Å²) in [6, 6.07) is 60.8. The van der Waals surface area contributed by atoms with Gasteiger partial charge in [0.2, 0.25) is 0 Å². The van der Waals surface area contributed by atoms with E-state index >= 15 is 0 Å². The lowest BCUT2D eigenvalue weighted by Gasteiger charge is -2.34. The van der Waals surface area contributed by atoms with Crippen LogP contribution >= 0.6 is 0 Å². The third kappa shape index (κ3) is 7.28. The molecule has 4 heterocycles. The van der Waals surface area contributed by atoms with Gasteiger partial charge in [0.05, 0.1) is 0 Å². The van der Waals surface area contributed by atoms with Crippen molar-refractivity contribution < 1.29 is 9.47 Å². The van der Waals surface area contributed by atoms with E-state index in [-0.39, 0.29) is 12.2 Å². The lowest BCUT2D eigenvalue weighted by molar-refractivity contribution is 0.0769. The van der Waals surface area contributed by atoms with Crippen LogP contribution in [0.1, 0.15) is 0 Å². The van der Waals surface area contributed by atoms with Gasteiger partial charge in [0, 0.05) is 52.6 Å². The largest absolute Gasteiger partial charge is 0.478 e. The second kappa shape index (κ2) is 16.7. The van der Waals surface area contributed by atoms with E-state index in [1.54, 1.807) is 0 Å². The van der Waals surface area contributed by atoms with Crippen molar-refractivity contribution in [3.63, 3.8) is 0 Å². The van der Waals surface area contributed by atoms with Crippen LogP contribution < -0.4 is 9.47 Å². The summed E-state index contributed by atoms with van der Waals surface area (Å²) in [5.74, 6) is 3.32. The molecule has 0 N–H and O–H groups in total. The van der Waals surface area contributed by atoms with E-state index in [4.69, 9.17) is 24.4 Å². The molecule has 0 radical (unpaired) electrons. The summed E-state index contributed by atoms with van der Waals surface area (Å²) in [6.07, 6.45) is 15.0. The van der Waals surface area contributed by atoms with Gasteiger partial charge in [-0.25, -0.2) is 15.0 Å². The first kappa shape index (κ1) is 38.8. The van der Waals surface area contributed by atoms with Crippen molar-refractivity contribution in [3.05, 3.63) is 225 Å². The summed E-state index contributed by atoms with van der Waals surface area (Å²) in [4.78, 5) is 23.4. The van der Waals surface area contributed by atoms with Crippen molar-refractivity contribution in [1.82, 2.24) is 24.9 Å². The molecular formula is C59H39N5O2. The molecule has 3 aromatic heterocycles. The minimum absolute atomic E-state index is 0.269. The Morgan fingerprint density at radius 3 is 1.26 bits per heavy atom. The molecule has 2 aliphatic rings. The van der Waals surface area contributed by atoms with Gasteiger partial charge in [-0.15, -0.1) is 0 Å². The number of rotatable bonds is 8. The molecule has 7 heteroatoms. The van der Waals surface area contributed by atoms with Crippen molar-refractivity contribution in [2.24, 2.45) is 0 Å². The monoisotopic (exact) mass is 849 g/mol. The van der Waals surface area contributed by atoms with Crippen LogP contribution in [-0.2, 0) is 0 Å². The molecule has 10 aromatic rings. The van der Waals surface area contributed by atoms with Gasteiger partial charge in [-0.3, -0.25) is 9.97 Å². The summed E-state index contributed by atoms with van der Waals surface area (Å²) in [5.41, 5.74) is 13.3. The quantitative estimate of drug-likeness (QED) is 0.151. The summed E-state index contributed by atoms with van der Waals surface area (Å²) in [7, 11) is 0. The zero-order valence-corrected chi connectivity index (χ0v) is 35.6. The van der Waals surface area contributed by atoms with E-state index in [0.717, 1.165) is 88.8 Å². The van der Waals surface area contributed by atoms with Gasteiger partial charge in [0.1, 0.15) is 0 Å². The fraction of sp³-hybridized carbons (Fsp3) is 0.0339. The molecule has 7 aromatic carbocycles. The van der Waals surface area contributed by atoms with E-state index in [9.17, 15) is 0 Å². The first-order valence-electron chi connectivity index (χ1n) is 22.0. The highest BCUT2D eigenvalue weighted by Crippen LogP contribution is 2.51. The predicted molar refractivity (Wildman–Crippen MR) is 264 cm³/mol. The Labute approximate surface area is 382 Å². The maximum absolute atomic E-state index is 7.01. The number of ether oxygens (including phenoxy) is 2. The molecule has 0 fully saturated rings. The maximum Gasteiger partial charge on any atom is 0.170 e. The summed E-state index contributed by atoms with van der Waals surface area (Å²) >= 11 is 0. The van der Waals surface area contributed by atoms with Crippen LogP contribution in [-0.4, -0.2) is 37.1 Å². The second-order valence-corrected chi connectivity index (χ2v) is 16.3. The van der Waals surface area contributed by atoms with Crippen LogP contribution in [0.3, 0.4) is 0 Å². The lowest BCUT2D eigenvalue weighted by atomic mass is 9.89. The van der Waals surface area contributed by atoms with E-state index < -0.39 is 0 Å². The maximum atomic E-state index is 7.01. The van der Waals surface area contributed by atoms with Crippen molar-refractivity contribution >= 4 is 10.8 Å². The molecule has 2 unspecified atom stereocenters. The number of allylic oxidation sites excluding steroid dienone is 2. The lowest BCUT2D eigenvalue weighted by Crippen LogP contribution is -2.38. The Hall–Kier alpha value is -8.81. The average molecular weight is 850 g/mol. The van der Waals surface area contributed by atoms with Gasteiger partial charge < -0.3 is 9.47 Å². The first-order chi connectivity index (χ1) is 32.7. The molecule has 66 heavy (non-hydrogen) atoms. The molecule has 312 valence electrons. The number of aromatic nitrogens is 5. The predicted octanol–water partition coefficient (Wildman–Crippen LogP) is 13.8. The minimum atomic E-state index is -0.270. The molecule has 1 aliphatic carbocycles. The second-order valence-electron chi connectivity index (χ2n) is 16.3.